The highest BCUT2D eigenvalue weighted by molar-refractivity contribution is 6.30. The van der Waals surface area contributed by atoms with Gasteiger partial charge in [0.05, 0.1) is 12.7 Å². The van der Waals surface area contributed by atoms with Gasteiger partial charge in [-0.1, -0.05) is 31.5 Å². The maximum absolute atomic E-state index is 13.0. The van der Waals surface area contributed by atoms with Gasteiger partial charge in [-0.25, -0.2) is 4.79 Å². The van der Waals surface area contributed by atoms with Crippen molar-refractivity contribution in [3.05, 3.63) is 76.1 Å². The Balaban J connectivity index is 1.04. The minimum Gasteiger partial charge on any atom is -0.493 e. The number of nitrogens with one attached hydrogen (secondary N) is 1. The summed E-state index contributed by atoms with van der Waals surface area (Å²) in [6.45, 7) is 8.37. The van der Waals surface area contributed by atoms with E-state index in [2.05, 4.69) is 41.2 Å². The number of anilines is 1. The first-order chi connectivity index (χ1) is 25.1. The number of benzene rings is 2. The third-order valence-corrected chi connectivity index (χ3v) is 13.0. The molecule has 278 valence electrons. The highest BCUT2D eigenvalue weighted by Crippen LogP contribution is 2.58. The largest absolute Gasteiger partial charge is 0.493 e. The highest BCUT2D eigenvalue weighted by atomic mass is 35.5. The molecule has 3 heterocycles. The van der Waals surface area contributed by atoms with Crippen LogP contribution in [-0.2, 0) is 27.8 Å². The van der Waals surface area contributed by atoms with Gasteiger partial charge >= 0.3 is 5.97 Å². The van der Waals surface area contributed by atoms with E-state index < -0.39 is 11.5 Å². The SMILES string of the molecule is COC1CN(CC2COc3cc4c(cc3O2)C2(CCC(Nc3cccc(Cl)c3)(C(=O)O)CC2)C(C[C@@H](C)COc2ccnc3c2[C@H](C)CCC3)C4)C1. The zero-order valence-corrected chi connectivity index (χ0v) is 31.4. The smallest absolute Gasteiger partial charge is 0.329 e. The summed E-state index contributed by atoms with van der Waals surface area (Å²) >= 11 is 6.31. The third kappa shape index (κ3) is 6.73. The first-order valence-corrected chi connectivity index (χ1v) is 19.6. The quantitative estimate of drug-likeness (QED) is 0.206. The van der Waals surface area contributed by atoms with Crippen LogP contribution in [0, 0.1) is 11.8 Å². The summed E-state index contributed by atoms with van der Waals surface area (Å²) in [4.78, 5) is 20.1. The summed E-state index contributed by atoms with van der Waals surface area (Å²) in [5.74, 6) is 2.87. The molecule has 2 fully saturated rings. The van der Waals surface area contributed by atoms with Crippen LogP contribution in [0.3, 0.4) is 0 Å². The van der Waals surface area contributed by atoms with Crippen LogP contribution in [0.15, 0.2) is 48.7 Å². The average molecular weight is 730 g/mol. The summed E-state index contributed by atoms with van der Waals surface area (Å²) < 4.78 is 25.1. The maximum atomic E-state index is 13.0. The van der Waals surface area contributed by atoms with Crippen LogP contribution in [0.4, 0.5) is 5.69 Å². The van der Waals surface area contributed by atoms with Gasteiger partial charge < -0.3 is 29.4 Å². The number of hydrogen-bond donors (Lipinski definition) is 2. The van der Waals surface area contributed by atoms with Crippen LogP contribution in [0.5, 0.6) is 17.2 Å². The lowest BCUT2D eigenvalue weighted by Crippen LogP contribution is -2.55. The zero-order valence-electron chi connectivity index (χ0n) is 30.7. The van der Waals surface area contributed by atoms with E-state index in [1.165, 1.54) is 35.2 Å². The van der Waals surface area contributed by atoms with Gasteiger partial charge in [0.1, 0.15) is 24.0 Å². The van der Waals surface area contributed by atoms with Crippen molar-refractivity contribution in [1.29, 1.82) is 0 Å². The van der Waals surface area contributed by atoms with Crippen LogP contribution in [0.2, 0.25) is 5.02 Å². The van der Waals surface area contributed by atoms with Crippen LogP contribution in [0.25, 0.3) is 0 Å². The van der Waals surface area contributed by atoms with Gasteiger partial charge in [0.15, 0.2) is 11.5 Å². The van der Waals surface area contributed by atoms with Crippen molar-refractivity contribution < 1.29 is 28.8 Å². The molecule has 0 bridgehead atoms. The minimum absolute atomic E-state index is 0.0526. The van der Waals surface area contributed by atoms with Gasteiger partial charge in [-0.3, -0.25) is 9.88 Å². The number of nitrogens with zero attached hydrogens (tertiary/aromatic N) is 2. The molecular weight excluding hydrogens is 678 g/mol. The molecule has 0 radical (unpaired) electrons. The molecule has 2 unspecified atom stereocenters. The number of aromatic nitrogens is 1. The van der Waals surface area contributed by atoms with E-state index in [-0.39, 0.29) is 11.5 Å². The van der Waals surface area contributed by atoms with Crippen molar-refractivity contribution in [2.24, 2.45) is 11.8 Å². The predicted molar refractivity (Wildman–Crippen MR) is 201 cm³/mol. The Morgan fingerprint density at radius 3 is 2.75 bits per heavy atom. The van der Waals surface area contributed by atoms with Crippen LogP contribution in [-0.4, -0.2) is 78.7 Å². The molecule has 5 aliphatic rings. The second kappa shape index (κ2) is 14.4. The molecule has 4 atom stereocenters. The van der Waals surface area contributed by atoms with Crippen molar-refractivity contribution in [1.82, 2.24) is 9.88 Å². The molecular formula is C42H52ClN3O6. The molecule has 52 heavy (non-hydrogen) atoms. The van der Waals surface area contributed by atoms with E-state index in [0.29, 0.717) is 54.9 Å². The van der Waals surface area contributed by atoms with Crippen LogP contribution >= 0.6 is 11.6 Å². The number of ether oxygens (including phenoxy) is 4. The summed E-state index contributed by atoms with van der Waals surface area (Å²) in [6.07, 6.45) is 9.91. The number of rotatable bonds is 11. The normalized spacial score (nSPS) is 28.8. The van der Waals surface area contributed by atoms with E-state index in [0.717, 1.165) is 74.7 Å². The molecule has 3 aliphatic carbocycles. The van der Waals surface area contributed by atoms with Gasteiger partial charge in [0, 0.05) is 54.9 Å². The molecule has 2 N–H and O–H groups in total. The van der Waals surface area contributed by atoms with Gasteiger partial charge in [0.25, 0.3) is 0 Å². The number of pyridine rings is 1. The summed E-state index contributed by atoms with van der Waals surface area (Å²) in [7, 11) is 1.77. The second-order valence-corrected chi connectivity index (χ2v) is 16.7. The number of likely N-dealkylation sites (tertiary alicyclic amines) is 1. The summed E-state index contributed by atoms with van der Waals surface area (Å²) in [5, 5.41) is 14.7. The van der Waals surface area contributed by atoms with E-state index in [1.54, 1.807) is 7.11 Å². The van der Waals surface area contributed by atoms with Gasteiger partial charge in [-0.2, -0.15) is 0 Å². The van der Waals surface area contributed by atoms with E-state index in [4.69, 9.17) is 30.5 Å². The Hall–Kier alpha value is -3.53. The number of aryl methyl sites for hydroxylation is 1. The van der Waals surface area contributed by atoms with E-state index in [1.807, 2.05) is 36.5 Å². The first-order valence-electron chi connectivity index (χ1n) is 19.2. The lowest BCUT2D eigenvalue weighted by molar-refractivity contribution is -0.144. The Bertz CT molecular complexity index is 1790. The number of carboxylic acid groups (broad SMARTS) is 1. The van der Waals surface area contributed by atoms with Crippen LogP contribution < -0.4 is 19.5 Å². The molecule has 1 saturated heterocycles. The standard InChI is InChI=1S/C42H52ClN3O6/c1-26(24-50-36-10-15-44-35-9-4-6-27(2)39(35)36)16-29-17-28-18-37-38(52-33(25-51-37)23-46-21-32(22-46)49-3)20-34(28)41(29)11-13-42(14-12-41,40(47)48)45-31-8-5-7-30(43)19-31/h5,7-8,10,15,18-20,26-27,29,32-33,45H,4,6,9,11-14,16-17,21-25H2,1-3H3,(H,47,48)/t26-,27-,29?,33?,41?,42?/m1/s1. The number of aliphatic carboxylic acids is 1. The first kappa shape index (κ1) is 35.5. The number of halogens is 1. The summed E-state index contributed by atoms with van der Waals surface area (Å²) in [5.41, 5.74) is 4.54. The highest BCUT2D eigenvalue weighted by Gasteiger charge is 2.54. The molecule has 2 aromatic carbocycles. The number of carbonyl (C=O) groups is 1. The Morgan fingerprint density at radius 1 is 1.15 bits per heavy atom. The average Bonchev–Trinajstić information content (AvgIpc) is 3.39. The number of methoxy groups -OCH3 is 1. The number of fused-ring (bicyclic) bond motifs is 4. The molecule has 0 amide bonds. The van der Waals surface area contributed by atoms with Gasteiger partial charge in [-0.05, 0) is 128 Å². The molecule has 1 spiro atoms. The number of hydrogen-bond acceptors (Lipinski definition) is 8. The topological polar surface area (TPSA) is 102 Å². The zero-order chi connectivity index (χ0) is 36.0. The van der Waals surface area contributed by atoms with Gasteiger partial charge in [0.2, 0.25) is 0 Å². The molecule has 2 aliphatic heterocycles. The van der Waals surface area contributed by atoms with E-state index in [9.17, 15) is 9.90 Å². The van der Waals surface area contributed by atoms with Crippen molar-refractivity contribution >= 4 is 23.3 Å². The Labute approximate surface area is 312 Å². The van der Waals surface area contributed by atoms with Crippen molar-refractivity contribution in [3.8, 4) is 17.2 Å². The fourth-order valence-electron chi connectivity index (χ4n) is 9.91. The lowest BCUT2D eigenvalue weighted by Gasteiger charge is -2.47. The molecule has 10 heteroatoms. The maximum Gasteiger partial charge on any atom is 0.329 e. The molecule has 1 aromatic heterocycles. The molecule has 3 aromatic rings. The van der Waals surface area contributed by atoms with Crippen molar-refractivity contribution in [2.75, 3.05) is 45.3 Å². The van der Waals surface area contributed by atoms with Crippen molar-refractivity contribution in [3.63, 3.8) is 0 Å². The Kier molecular flexibility index (Phi) is 9.81. The molecule has 1 saturated carbocycles. The van der Waals surface area contributed by atoms with Crippen LogP contribution in [0.1, 0.15) is 87.1 Å². The minimum atomic E-state index is -1.08. The lowest BCUT2D eigenvalue weighted by atomic mass is 9.59. The number of carboxylic acids is 1. The van der Waals surface area contributed by atoms with E-state index >= 15 is 0 Å². The summed E-state index contributed by atoms with van der Waals surface area (Å²) in [6, 6.07) is 13.9. The van der Waals surface area contributed by atoms with Gasteiger partial charge in [-0.15, -0.1) is 0 Å². The monoisotopic (exact) mass is 729 g/mol. The predicted octanol–water partition coefficient (Wildman–Crippen LogP) is 7.67. The second-order valence-electron chi connectivity index (χ2n) is 16.3. The van der Waals surface area contributed by atoms with Crippen molar-refractivity contribution in [2.45, 2.75) is 101 Å². The molecule has 8 rings (SSSR count). The molecule has 9 nitrogen and oxygen atoms in total. The Morgan fingerprint density at radius 2 is 1.98 bits per heavy atom. The fourth-order valence-corrected chi connectivity index (χ4v) is 10.1. The third-order valence-electron chi connectivity index (χ3n) is 12.8. The fraction of sp³-hybridized carbons (Fsp3) is 0.571.